The van der Waals surface area contributed by atoms with E-state index in [-0.39, 0.29) is 5.91 Å². The molecule has 2 atom stereocenters. The maximum absolute atomic E-state index is 12.6. The van der Waals surface area contributed by atoms with Crippen LogP contribution in [0.1, 0.15) is 61.1 Å². The number of carbonyl (C=O) groups excluding carboxylic acids is 1. The van der Waals surface area contributed by atoms with Crippen molar-refractivity contribution < 1.29 is 14.1 Å². The van der Waals surface area contributed by atoms with Crippen molar-refractivity contribution >= 4 is 5.91 Å². The molecular weight excluding hydrogens is 354 g/mol. The van der Waals surface area contributed by atoms with Crippen molar-refractivity contribution in [3.05, 3.63) is 35.0 Å². The average molecular weight is 383 g/mol. The smallest absolute Gasteiger partial charge is 0.273 e. The Morgan fingerprint density at radius 1 is 1.29 bits per heavy atom. The minimum absolute atomic E-state index is 0.190. The molecule has 150 valence electrons. The van der Waals surface area contributed by atoms with Crippen molar-refractivity contribution in [2.45, 2.75) is 65.1 Å². The van der Waals surface area contributed by atoms with Crippen molar-refractivity contribution in [2.75, 3.05) is 13.1 Å². The molecule has 2 aliphatic heterocycles. The summed E-state index contributed by atoms with van der Waals surface area (Å²) in [6.07, 6.45) is 4.78. The monoisotopic (exact) mass is 383 g/mol. The minimum Gasteiger partial charge on any atom is -0.488 e. The highest BCUT2D eigenvalue weighted by Gasteiger charge is 2.29. The van der Waals surface area contributed by atoms with E-state index in [9.17, 15) is 4.79 Å². The summed E-state index contributed by atoms with van der Waals surface area (Å²) in [6.45, 7) is 8.57. The Kier molecular flexibility index (Phi) is 5.40. The number of aromatic nitrogens is 1. The molecule has 2 aromatic rings. The quantitative estimate of drug-likeness (QED) is 0.793. The molecule has 1 saturated heterocycles. The van der Waals surface area contributed by atoms with E-state index in [0.29, 0.717) is 36.7 Å². The summed E-state index contributed by atoms with van der Waals surface area (Å²) in [4.78, 5) is 15.2. The van der Waals surface area contributed by atoms with Gasteiger partial charge < -0.3 is 14.6 Å². The molecule has 0 spiro atoms. The number of piperidine rings is 1. The van der Waals surface area contributed by atoms with Gasteiger partial charge in [-0.05, 0) is 52.2 Å². The molecule has 6 nitrogen and oxygen atoms in total. The lowest BCUT2D eigenvalue weighted by molar-refractivity contribution is 0.0916. The van der Waals surface area contributed by atoms with Gasteiger partial charge in [0.15, 0.2) is 11.5 Å². The van der Waals surface area contributed by atoms with Crippen LogP contribution in [0.4, 0.5) is 0 Å². The zero-order valence-electron chi connectivity index (χ0n) is 17.0. The zero-order chi connectivity index (χ0) is 19.7. The summed E-state index contributed by atoms with van der Waals surface area (Å²) >= 11 is 0. The van der Waals surface area contributed by atoms with E-state index in [1.54, 1.807) is 0 Å². The summed E-state index contributed by atoms with van der Waals surface area (Å²) in [7, 11) is 0. The predicted octanol–water partition coefficient (Wildman–Crippen LogP) is 3.93. The number of hydrogen-bond acceptors (Lipinski definition) is 5. The number of benzene rings is 1. The van der Waals surface area contributed by atoms with E-state index in [0.717, 1.165) is 35.4 Å². The molecule has 6 heteroatoms. The van der Waals surface area contributed by atoms with Gasteiger partial charge >= 0.3 is 0 Å². The summed E-state index contributed by atoms with van der Waals surface area (Å²) in [5.74, 6) is 1.22. The minimum atomic E-state index is -0.190. The van der Waals surface area contributed by atoms with Crippen LogP contribution in [-0.4, -0.2) is 41.1 Å². The first kappa shape index (κ1) is 19.0. The highest BCUT2D eigenvalue weighted by atomic mass is 16.5. The third-order valence-corrected chi connectivity index (χ3v) is 6.01. The van der Waals surface area contributed by atoms with Crippen molar-refractivity contribution in [3.63, 3.8) is 0 Å². The Balaban J connectivity index is 1.36. The first-order chi connectivity index (χ1) is 13.5. The van der Waals surface area contributed by atoms with Gasteiger partial charge in [-0.25, -0.2) is 0 Å². The number of rotatable bonds is 5. The fourth-order valence-electron chi connectivity index (χ4n) is 4.39. The van der Waals surface area contributed by atoms with Gasteiger partial charge in [-0.3, -0.25) is 9.69 Å². The average Bonchev–Trinajstić information content (AvgIpc) is 3.11. The second-order valence-corrected chi connectivity index (χ2v) is 8.10. The largest absolute Gasteiger partial charge is 0.488 e. The van der Waals surface area contributed by atoms with E-state index in [1.807, 2.05) is 25.1 Å². The van der Waals surface area contributed by atoms with Gasteiger partial charge in [0, 0.05) is 25.2 Å². The lowest BCUT2D eigenvalue weighted by Gasteiger charge is -2.39. The fourth-order valence-corrected chi connectivity index (χ4v) is 4.39. The second-order valence-electron chi connectivity index (χ2n) is 8.10. The molecule has 3 heterocycles. The Morgan fingerprint density at radius 2 is 2.07 bits per heavy atom. The van der Waals surface area contributed by atoms with Crippen LogP contribution in [0.2, 0.25) is 0 Å². The summed E-state index contributed by atoms with van der Waals surface area (Å²) < 4.78 is 11.3. The number of hydrogen-bond donors (Lipinski definition) is 1. The molecule has 1 N–H and O–H groups in total. The molecule has 1 aromatic carbocycles. The van der Waals surface area contributed by atoms with Crippen LogP contribution >= 0.6 is 0 Å². The molecule has 0 unspecified atom stereocenters. The highest BCUT2D eigenvalue weighted by Crippen LogP contribution is 2.39. The topological polar surface area (TPSA) is 67.6 Å². The van der Waals surface area contributed by atoms with Crippen LogP contribution in [0.3, 0.4) is 0 Å². The third kappa shape index (κ3) is 3.65. The van der Waals surface area contributed by atoms with Crippen molar-refractivity contribution in [1.29, 1.82) is 0 Å². The summed E-state index contributed by atoms with van der Waals surface area (Å²) in [5, 5.41) is 7.04. The highest BCUT2D eigenvalue weighted by molar-refractivity contribution is 5.95. The lowest BCUT2D eigenvalue weighted by Crippen LogP contribution is -2.44. The Morgan fingerprint density at radius 3 is 2.86 bits per heavy atom. The summed E-state index contributed by atoms with van der Waals surface area (Å²) in [6, 6.07) is 7.18. The first-order valence-electron chi connectivity index (χ1n) is 10.3. The Hall–Kier alpha value is -2.34. The van der Waals surface area contributed by atoms with Crippen LogP contribution < -0.4 is 10.1 Å². The normalized spacial score (nSPS) is 21.5. The van der Waals surface area contributed by atoms with Gasteiger partial charge in [0.1, 0.15) is 12.4 Å². The van der Waals surface area contributed by atoms with Crippen LogP contribution in [0.25, 0.3) is 11.3 Å². The number of nitrogens with zero attached hydrogens (tertiary/aromatic N) is 2. The molecule has 28 heavy (non-hydrogen) atoms. The maximum atomic E-state index is 12.6. The molecule has 1 amide bonds. The van der Waals surface area contributed by atoms with Gasteiger partial charge in [-0.1, -0.05) is 23.2 Å². The molecule has 0 aliphatic carbocycles. The van der Waals surface area contributed by atoms with E-state index in [4.69, 9.17) is 9.26 Å². The molecule has 0 saturated carbocycles. The van der Waals surface area contributed by atoms with Crippen molar-refractivity contribution in [1.82, 2.24) is 15.4 Å². The standard InChI is InChI=1S/C22H29N3O3/c1-14-8-9-19-17(12-14)21-18(13-27-19)20(24-28-21)22(26)23-10-5-11-25-15(2)6-4-7-16(25)3/h8-9,12,15-16H,4-7,10-11,13H2,1-3H3,(H,23,26)/t15-,16-/m0/s1. The number of likely N-dealkylation sites (tertiary alicyclic amines) is 1. The molecule has 1 aromatic heterocycles. The van der Waals surface area contributed by atoms with E-state index in [2.05, 4.69) is 29.2 Å². The lowest BCUT2D eigenvalue weighted by atomic mass is 9.97. The SMILES string of the molecule is Cc1ccc2c(c1)-c1onc(C(=O)NCCCN3[C@@H](C)CCC[C@@H]3C)c1CO2. The van der Waals surface area contributed by atoms with E-state index in [1.165, 1.54) is 19.3 Å². The van der Waals surface area contributed by atoms with Gasteiger partial charge in [-0.15, -0.1) is 0 Å². The van der Waals surface area contributed by atoms with Crippen LogP contribution in [0.5, 0.6) is 5.75 Å². The molecule has 2 aliphatic rings. The van der Waals surface area contributed by atoms with E-state index >= 15 is 0 Å². The van der Waals surface area contributed by atoms with Gasteiger partial charge in [0.05, 0.1) is 11.1 Å². The van der Waals surface area contributed by atoms with Gasteiger partial charge in [0.2, 0.25) is 0 Å². The zero-order valence-corrected chi connectivity index (χ0v) is 17.0. The Labute approximate surface area is 166 Å². The van der Waals surface area contributed by atoms with Crippen molar-refractivity contribution in [3.8, 4) is 17.1 Å². The molecule has 1 fully saturated rings. The predicted molar refractivity (Wildman–Crippen MR) is 107 cm³/mol. The number of fused-ring (bicyclic) bond motifs is 3. The number of carbonyl (C=O) groups is 1. The number of nitrogens with one attached hydrogen (secondary N) is 1. The Bertz CT molecular complexity index is 851. The maximum Gasteiger partial charge on any atom is 0.273 e. The van der Waals surface area contributed by atoms with Crippen LogP contribution in [0, 0.1) is 6.92 Å². The van der Waals surface area contributed by atoms with Crippen molar-refractivity contribution in [2.24, 2.45) is 0 Å². The number of ether oxygens (including phenoxy) is 1. The van der Waals surface area contributed by atoms with Crippen LogP contribution in [0.15, 0.2) is 22.7 Å². The molecular formula is C22H29N3O3. The fraction of sp³-hybridized carbons (Fsp3) is 0.545. The molecule has 0 radical (unpaired) electrons. The summed E-state index contributed by atoms with van der Waals surface area (Å²) in [5.41, 5.74) is 3.04. The second kappa shape index (κ2) is 7.95. The third-order valence-electron chi connectivity index (χ3n) is 6.01. The number of aryl methyl sites for hydroxylation is 1. The molecule has 4 rings (SSSR count). The van der Waals surface area contributed by atoms with Gasteiger partial charge in [-0.2, -0.15) is 0 Å². The van der Waals surface area contributed by atoms with Crippen LogP contribution in [-0.2, 0) is 6.61 Å². The molecule has 0 bridgehead atoms. The number of amides is 1. The first-order valence-corrected chi connectivity index (χ1v) is 10.3. The van der Waals surface area contributed by atoms with E-state index < -0.39 is 0 Å². The van der Waals surface area contributed by atoms with Gasteiger partial charge in [0.25, 0.3) is 5.91 Å².